The van der Waals surface area contributed by atoms with Gasteiger partial charge in [-0.2, -0.15) is 5.10 Å². The fourth-order valence-corrected chi connectivity index (χ4v) is 3.11. The second-order valence-corrected chi connectivity index (χ2v) is 6.40. The zero-order valence-electron chi connectivity index (χ0n) is 14.4. The molecule has 3 N–H and O–H groups in total. The van der Waals surface area contributed by atoms with E-state index in [9.17, 15) is 4.39 Å². The van der Waals surface area contributed by atoms with Gasteiger partial charge in [-0.15, -0.1) is 0 Å². The zero-order valence-corrected chi connectivity index (χ0v) is 14.4. The van der Waals surface area contributed by atoms with Crippen LogP contribution in [-0.4, -0.2) is 25.1 Å². The molecule has 0 bridgehead atoms. The summed E-state index contributed by atoms with van der Waals surface area (Å²) in [6.45, 7) is 1.73. The summed E-state index contributed by atoms with van der Waals surface area (Å²) in [6, 6.07) is 12.7. The molecule has 0 aliphatic heterocycles. The molecular weight excluding hydrogens is 343 g/mol. The number of nitrogens with one attached hydrogen (secondary N) is 3. The molecule has 132 valence electrons. The molecule has 5 rings (SSSR count). The van der Waals surface area contributed by atoms with Gasteiger partial charge in [0.15, 0.2) is 5.82 Å². The molecule has 6 nitrogen and oxygen atoms in total. The van der Waals surface area contributed by atoms with Crippen LogP contribution in [0.4, 0.5) is 15.9 Å². The number of aromatic amines is 2. The van der Waals surface area contributed by atoms with Crippen LogP contribution < -0.4 is 5.32 Å². The second-order valence-electron chi connectivity index (χ2n) is 6.40. The Kier molecular flexibility index (Phi) is 3.39. The molecule has 0 aliphatic carbocycles. The minimum Gasteiger partial charge on any atom is -0.346 e. The first kappa shape index (κ1) is 15.5. The molecule has 27 heavy (non-hydrogen) atoms. The van der Waals surface area contributed by atoms with Crippen LogP contribution in [0.5, 0.6) is 0 Å². The maximum Gasteiger partial charge on any atom is 0.163 e. The third-order valence-corrected chi connectivity index (χ3v) is 4.53. The van der Waals surface area contributed by atoms with Gasteiger partial charge >= 0.3 is 0 Å². The van der Waals surface area contributed by atoms with Crippen LogP contribution in [0.3, 0.4) is 0 Å². The minimum atomic E-state index is -0.244. The molecule has 0 atom stereocenters. The molecule has 2 aromatic carbocycles. The predicted octanol–water partition coefficient (Wildman–Crippen LogP) is 4.69. The molecule has 0 aliphatic rings. The van der Waals surface area contributed by atoms with Crippen molar-refractivity contribution >= 4 is 33.4 Å². The van der Waals surface area contributed by atoms with E-state index in [1.807, 2.05) is 30.5 Å². The van der Waals surface area contributed by atoms with E-state index in [4.69, 9.17) is 0 Å². The van der Waals surface area contributed by atoms with E-state index in [2.05, 4.69) is 30.5 Å². The first-order chi connectivity index (χ1) is 13.2. The smallest absolute Gasteiger partial charge is 0.163 e. The van der Waals surface area contributed by atoms with E-state index in [0.717, 1.165) is 27.5 Å². The van der Waals surface area contributed by atoms with Crippen molar-refractivity contribution in [2.75, 3.05) is 5.32 Å². The quantitative estimate of drug-likeness (QED) is 0.437. The van der Waals surface area contributed by atoms with Crippen LogP contribution in [0.1, 0.15) is 5.56 Å². The largest absolute Gasteiger partial charge is 0.346 e. The molecule has 0 amide bonds. The Morgan fingerprint density at radius 1 is 1.04 bits per heavy atom. The number of hydrogen-bond donors (Lipinski definition) is 3. The number of halogens is 1. The topological polar surface area (TPSA) is 82.3 Å². The Morgan fingerprint density at radius 3 is 2.85 bits per heavy atom. The third-order valence-electron chi connectivity index (χ3n) is 4.53. The number of nitrogens with zero attached hydrogens (tertiary/aromatic N) is 3. The van der Waals surface area contributed by atoms with Crippen LogP contribution >= 0.6 is 0 Å². The summed E-state index contributed by atoms with van der Waals surface area (Å²) < 4.78 is 13.6. The lowest BCUT2D eigenvalue weighted by molar-refractivity contribution is 0.618. The maximum absolute atomic E-state index is 13.6. The van der Waals surface area contributed by atoms with Crippen molar-refractivity contribution in [3.63, 3.8) is 0 Å². The Hall–Kier alpha value is -3.74. The van der Waals surface area contributed by atoms with Gasteiger partial charge in [0.05, 0.1) is 17.1 Å². The van der Waals surface area contributed by atoms with Crippen molar-refractivity contribution in [1.82, 2.24) is 25.1 Å². The predicted molar refractivity (Wildman–Crippen MR) is 103 cm³/mol. The Labute approximate surface area is 153 Å². The Balaban J connectivity index is 1.62. The summed E-state index contributed by atoms with van der Waals surface area (Å²) >= 11 is 0. The van der Waals surface area contributed by atoms with Crippen LogP contribution in [0.25, 0.3) is 33.3 Å². The monoisotopic (exact) mass is 358 g/mol. The normalized spacial score (nSPS) is 11.3. The van der Waals surface area contributed by atoms with Gasteiger partial charge in [0.2, 0.25) is 0 Å². The number of anilines is 2. The van der Waals surface area contributed by atoms with Crippen molar-refractivity contribution in [2.45, 2.75) is 6.92 Å². The van der Waals surface area contributed by atoms with E-state index in [0.29, 0.717) is 22.9 Å². The van der Waals surface area contributed by atoms with Crippen molar-refractivity contribution < 1.29 is 4.39 Å². The summed E-state index contributed by atoms with van der Waals surface area (Å²) in [6.07, 6.45) is 3.60. The van der Waals surface area contributed by atoms with Gasteiger partial charge in [0.25, 0.3) is 0 Å². The molecule has 0 radical (unpaired) electrons. The summed E-state index contributed by atoms with van der Waals surface area (Å²) in [7, 11) is 0. The van der Waals surface area contributed by atoms with Gasteiger partial charge in [0, 0.05) is 22.8 Å². The molecule has 3 aromatic heterocycles. The summed E-state index contributed by atoms with van der Waals surface area (Å²) in [4.78, 5) is 12.4. The van der Waals surface area contributed by atoms with Crippen LogP contribution in [-0.2, 0) is 0 Å². The fraction of sp³-hybridized carbons (Fsp3) is 0.0500. The first-order valence-corrected chi connectivity index (χ1v) is 8.49. The number of hydrogen-bond acceptors (Lipinski definition) is 4. The van der Waals surface area contributed by atoms with Crippen molar-refractivity contribution in [2.24, 2.45) is 0 Å². The molecular formula is C20H15FN6. The highest BCUT2D eigenvalue weighted by atomic mass is 19.1. The van der Waals surface area contributed by atoms with Gasteiger partial charge in [-0.1, -0.05) is 0 Å². The van der Waals surface area contributed by atoms with Crippen molar-refractivity contribution in [1.29, 1.82) is 0 Å². The average Bonchev–Trinajstić information content (AvgIpc) is 3.32. The highest BCUT2D eigenvalue weighted by molar-refractivity contribution is 5.92. The number of aryl methyl sites for hydroxylation is 1. The highest BCUT2D eigenvalue weighted by Crippen LogP contribution is 2.28. The lowest BCUT2D eigenvalue weighted by Gasteiger charge is -2.10. The third kappa shape index (κ3) is 2.69. The van der Waals surface area contributed by atoms with E-state index in [1.54, 1.807) is 25.3 Å². The van der Waals surface area contributed by atoms with Gasteiger partial charge in [0.1, 0.15) is 17.3 Å². The second kappa shape index (κ2) is 5.91. The maximum atomic E-state index is 13.6. The summed E-state index contributed by atoms with van der Waals surface area (Å²) in [5.41, 5.74) is 3.90. The minimum absolute atomic E-state index is 0.244. The number of rotatable bonds is 3. The van der Waals surface area contributed by atoms with E-state index in [-0.39, 0.29) is 5.82 Å². The van der Waals surface area contributed by atoms with Gasteiger partial charge < -0.3 is 10.3 Å². The first-order valence-electron chi connectivity index (χ1n) is 8.49. The van der Waals surface area contributed by atoms with E-state index in [1.165, 1.54) is 6.07 Å². The molecule has 0 spiro atoms. The molecule has 0 fully saturated rings. The molecule has 0 unspecified atom stereocenters. The van der Waals surface area contributed by atoms with Crippen LogP contribution in [0, 0.1) is 12.7 Å². The molecule has 5 aromatic rings. The number of H-pyrrole nitrogens is 2. The molecule has 3 heterocycles. The number of fused-ring (bicyclic) bond motifs is 2. The van der Waals surface area contributed by atoms with Gasteiger partial charge in [-0.05, 0) is 55.0 Å². The van der Waals surface area contributed by atoms with Crippen LogP contribution in [0.15, 0.2) is 54.9 Å². The summed E-state index contributed by atoms with van der Waals surface area (Å²) in [5.74, 6) is 0.965. The fourth-order valence-electron chi connectivity index (χ4n) is 3.11. The van der Waals surface area contributed by atoms with Crippen LogP contribution in [0.2, 0.25) is 0 Å². The van der Waals surface area contributed by atoms with Crippen molar-refractivity contribution in [3.05, 3.63) is 66.2 Å². The van der Waals surface area contributed by atoms with E-state index >= 15 is 0 Å². The highest BCUT2D eigenvalue weighted by Gasteiger charge is 2.12. The standard InChI is InChI=1S/C20H15FN6/c1-11-8-12(2-4-16(11)21)18-25-19-15(6-7-22-19)20(26-18)24-14-3-5-17-13(9-14)10-23-27-17/h2-10H,1H3,(H,23,27)(H2,22,24,25,26). The Morgan fingerprint density at radius 2 is 1.96 bits per heavy atom. The SMILES string of the molecule is Cc1cc(-c2nc(Nc3ccc4[nH]ncc4c3)c3cc[nH]c3n2)ccc1F. The lowest BCUT2D eigenvalue weighted by Crippen LogP contribution is -1.99. The van der Waals surface area contributed by atoms with Crippen molar-refractivity contribution in [3.8, 4) is 11.4 Å². The molecule has 7 heteroatoms. The average molecular weight is 358 g/mol. The Bertz CT molecular complexity index is 1290. The van der Waals surface area contributed by atoms with Gasteiger partial charge in [-0.3, -0.25) is 5.10 Å². The number of aromatic nitrogens is 5. The van der Waals surface area contributed by atoms with Gasteiger partial charge in [-0.25, -0.2) is 14.4 Å². The zero-order chi connectivity index (χ0) is 18.4. The summed E-state index contributed by atoms with van der Waals surface area (Å²) in [5, 5.41) is 12.2. The molecule has 0 saturated carbocycles. The lowest BCUT2D eigenvalue weighted by atomic mass is 10.1. The van der Waals surface area contributed by atoms with E-state index < -0.39 is 0 Å². The molecule has 0 saturated heterocycles. The number of benzene rings is 2.